The van der Waals surface area contributed by atoms with Crippen LogP contribution in [0.3, 0.4) is 0 Å². The maximum Gasteiger partial charge on any atom is 1.00 e. The summed E-state index contributed by atoms with van der Waals surface area (Å²) in [7, 11) is 1.48. The zero-order valence-corrected chi connectivity index (χ0v) is 15.8. The first kappa shape index (κ1) is 21.9. The average Bonchev–Trinajstić information content (AvgIpc) is 2.29. The Kier molecular flexibility index (Phi) is 12.9. The second-order valence-corrected chi connectivity index (χ2v) is 3.96. The molecule has 0 saturated heterocycles. The molecule has 0 aliphatic heterocycles. The average molecular weight is 304 g/mol. The Hall–Kier alpha value is 0.560. The van der Waals surface area contributed by atoms with Crippen molar-refractivity contribution in [2.24, 2.45) is 0 Å². The molecule has 9 heteroatoms. The summed E-state index contributed by atoms with van der Waals surface area (Å²) < 4.78 is 31.2. The van der Waals surface area contributed by atoms with Crippen LogP contribution in [0.1, 0.15) is 10.4 Å². The molecule has 6 nitrogen and oxygen atoms in total. The van der Waals surface area contributed by atoms with E-state index in [0.29, 0.717) is 6.61 Å². The van der Waals surface area contributed by atoms with Gasteiger partial charge in [-0.1, -0.05) is 0 Å². The molecule has 0 spiro atoms. The Bertz CT molecular complexity index is 440. The van der Waals surface area contributed by atoms with Gasteiger partial charge in [0, 0.05) is 17.6 Å². The van der Waals surface area contributed by atoms with E-state index >= 15 is 0 Å². The van der Waals surface area contributed by atoms with E-state index in [1.807, 2.05) is 0 Å². The first-order valence-electron chi connectivity index (χ1n) is 4.62. The van der Waals surface area contributed by atoms with Crippen molar-refractivity contribution in [1.82, 2.24) is 0 Å². The maximum absolute atomic E-state index is 10.8. The second kappa shape index (κ2) is 11.2. The van der Waals surface area contributed by atoms with E-state index < -0.39 is 17.0 Å². The second-order valence-electron chi connectivity index (χ2n) is 3.02. The number of hydrogen-bond acceptors (Lipinski definition) is 6. The van der Waals surface area contributed by atoms with Crippen molar-refractivity contribution in [2.45, 2.75) is 4.90 Å². The Morgan fingerprint density at radius 3 is 2.42 bits per heavy atom. The monoisotopic (exact) mass is 304 g/mol. The molecule has 19 heavy (non-hydrogen) atoms. The summed E-state index contributed by atoms with van der Waals surface area (Å²) in [6.45, 7) is 0.457. The van der Waals surface area contributed by atoms with Crippen molar-refractivity contribution < 1.29 is 87.3 Å². The van der Waals surface area contributed by atoms with E-state index in [0.717, 1.165) is 6.07 Å². The molecule has 0 fully saturated rings. The number of benzene rings is 1. The molecule has 0 aromatic heterocycles. The van der Waals surface area contributed by atoms with Crippen molar-refractivity contribution in [1.29, 1.82) is 0 Å². The molecule has 1 aromatic rings. The molecule has 0 aliphatic rings. The van der Waals surface area contributed by atoms with Crippen LogP contribution >= 0.6 is 0 Å². The van der Waals surface area contributed by atoms with Crippen molar-refractivity contribution in [3.8, 4) is 5.75 Å². The van der Waals surface area contributed by atoms with E-state index in [1.54, 1.807) is 0 Å². The zero-order valence-electron chi connectivity index (χ0n) is 11.0. The minimum absolute atomic E-state index is 0. The fourth-order valence-corrected chi connectivity index (χ4v) is 1.53. The quantitative estimate of drug-likeness (QED) is 0.294. The summed E-state index contributed by atoms with van der Waals surface area (Å²) in [4.78, 5) is 10.7. The van der Waals surface area contributed by atoms with Gasteiger partial charge in [-0.3, -0.25) is 4.21 Å². The van der Waals surface area contributed by atoms with Gasteiger partial charge in [-0.2, -0.15) is 0 Å². The number of methoxy groups -OCH3 is 1. The predicted octanol–water partition coefficient (Wildman–Crippen LogP) is -6.68. The van der Waals surface area contributed by atoms with Crippen LogP contribution in [-0.2, 0) is 15.8 Å². The normalized spacial score (nSPS) is 10.8. The molecular weight excluding hydrogens is 294 g/mol. The summed E-state index contributed by atoms with van der Waals surface area (Å²) in [5.41, 5.74) is -0.303. The van der Waals surface area contributed by atoms with E-state index in [1.165, 1.54) is 19.2 Å². The fourth-order valence-electron chi connectivity index (χ4n) is 1.13. The van der Waals surface area contributed by atoms with Gasteiger partial charge in [0.1, 0.15) is 12.4 Å². The third-order valence-corrected chi connectivity index (χ3v) is 2.55. The van der Waals surface area contributed by atoms with Crippen molar-refractivity contribution >= 4 is 17.0 Å². The SMILES string of the molecule is COCCOc1ccc(S(=O)[O-])cc1C(=O)[O-].[Na+].[Na+]. The third kappa shape index (κ3) is 7.22. The Morgan fingerprint density at radius 2 is 1.95 bits per heavy atom. The molecule has 1 aromatic carbocycles. The first-order chi connectivity index (χ1) is 8.06. The van der Waals surface area contributed by atoms with Gasteiger partial charge in [0.2, 0.25) is 0 Å². The molecule has 0 heterocycles. The number of carbonyl (C=O) groups excluding carboxylic acids is 1. The van der Waals surface area contributed by atoms with Gasteiger partial charge < -0.3 is 23.9 Å². The predicted molar refractivity (Wildman–Crippen MR) is 55.3 cm³/mol. The minimum Gasteiger partial charge on any atom is -0.768 e. The Labute approximate surface area is 157 Å². The van der Waals surface area contributed by atoms with Crippen LogP contribution in [0.2, 0.25) is 0 Å². The van der Waals surface area contributed by atoms with Crippen molar-refractivity contribution in [2.75, 3.05) is 20.3 Å². The largest absolute Gasteiger partial charge is 1.00 e. The molecule has 1 atom stereocenters. The Morgan fingerprint density at radius 1 is 1.32 bits per heavy atom. The standard InChI is InChI=1S/C10H12O6S.2Na/c1-15-4-5-16-9-3-2-7(17(13)14)6-8(9)10(11)12;;/h2-3,6H,4-5H2,1H3,(H,11,12)(H,13,14);;/q;2*+1/p-2. The van der Waals surface area contributed by atoms with Crippen molar-refractivity contribution in [3.05, 3.63) is 23.8 Å². The molecule has 0 N–H and O–H groups in total. The van der Waals surface area contributed by atoms with Crippen LogP contribution in [0, 0.1) is 0 Å². The molecule has 0 bridgehead atoms. The van der Waals surface area contributed by atoms with Crippen LogP contribution < -0.4 is 69.0 Å². The summed E-state index contributed by atoms with van der Waals surface area (Å²) in [5.74, 6) is -1.44. The topological polar surface area (TPSA) is 98.7 Å². The molecule has 0 saturated carbocycles. The number of carboxylic acid groups (broad SMARTS) is 1. The van der Waals surface area contributed by atoms with E-state index in [4.69, 9.17) is 9.47 Å². The number of hydrogen-bond donors (Lipinski definition) is 0. The number of ether oxygens (including phenoxy) is 2. The van der Waals surface area contributed by atoms with Gasteiger partial charge in [-0.05, 0) is 29.3 Å². The van der Waals surface area contributed by atoms with Gasteiger partial charge in [-0.25, -0.2) is 0 Å². The van der Waals surface area contributed by atoms with E-state index in [-0.39, 0.29) is 81.9 Å². The van der Waals surface area contributed by atoms with Gasteiger partial charge in [-0.15, -0.1) is 0 Å². The molecule has 1 unspecified atom stereocenters. The molecule has 1 rings (SSSR count). The van der Waals surface area contributed by atoms with E-state index in [9.17, 15) is 18.7 Å². The summed E-state index contributed by atoms with van der Waals surface area (Å²) in [6.07, 6.45) is 0. The van der Waals surface area contributed by atoms with Crippen molar-refractivity contribution in [3.63, 3.8) is 0 Å². The summed E-state index contributed by atoms with van der Waals surface area (Å²) >= 11 is -2.49. The van der Waals surface area contributed by atoms with Crippen LogP contribution in [-0.4, -0.2) is 35.1 Å². The molecule has 0 radical (unpaired) electrons. The summed E-state index contributed by atoms with van der Waals surface area (Å²) in [6, 6.07) is 3.50. The van der Waals surface area contributed by atoms with Gasteiger partial charge >= 0.3 is 59.1 Å². The van der Waals surface area contributed by atoms with Gasteiger partial charge in [0.15, 0.2) is 0 Å². The molecular formula is C10H10Na2O6S. The molecule has 0 aliphatic carbocycles. The Balaban J connectivity index is 0. The van der Waals surface area contributed by atoms with Crippen LogP contribution in [0.4, 0.5) is 0 Å². The smallest absolute Gasteiger partial charge is 0.768 e. The zero-order chi connectivity index (χ0) is 12.8. The first-order valence-corrected chi connectivity index (χ1v) is 5.70. The number of carboxylic acids is 1. The number of rotatable bonds is 6. The molecule has 0 amide bonds. The van der Waals surface area contributed by atoms with Crippen LogP contribution in [0.15, 0.2) is 23.1 Å². The third-order valence-electron chi connectivity index (χ3n) is 1.91. The fraction of sp³-hybridized carbons (Fsp3) is 0.300. The number of aromatic carboxylic acids is 1. The summed E-state index contributed by atoms with van der Waals surface area (Å²) in [5, 5.41) is 10.8. The molecule has 94 valence electrons. The number of carbonyl (C=O) groups is 1. The maximum atomic E-state index is 10.8. The van der Waals surface area contributed by atoms with Crippen LogP contribution in [0.25, 0.3) is 0 Å². The van der Waals surface area contributed by atoms with Gasteiger partial charge in [0.05, 0.1) is 12.6 Å². The van der Waals surface area contributed by atoms with Crippen LogP contribution in [0.5, 0.6) is 5.75 Å². The minimum atomic E-state index is -2.49. The van der Waals surface area contributed by atoms with Gasteiger partial charge in [0.25, 0.3) is 0 Å². The van der Waals surface area contributed by atoms with E-state index in [2.05, 4.69) is 0 Å².